The summed E-state index contributed by atoms with van der Waals surface area (Å²) in [5.41, 5.74) is -3.87. The van der Waals surface area contributed by atoms with E-state index >= 15 is 0 Å². The Bertz CT molecular complexity index is 488. The predicted molar refractivity (Wildman–Crippen MR) is 54.2 cm³/mol. The van der Waals surface area contributed by atoms with Crippen LogP contribution in [0, 0.1) is 0 Å². The van der Waals surface area contributed by atoms with E-state index in [-0.39, 0.29) is 6.07 Å². The molecule has 0 aromatic heterocycles. The van der Waals surface area contributed by atoms with Crippen molar-refractivity contribution >= 4 is 21.7 Å². The van der Waals surface area contributed by atoms with E-state index in [2.05, 4.69) is 15.9 Å². The van der Waals surface area contributed by atoms with Gasteiger partial charge in [0, 0.05) is 10.0 Å². The summed E-state index contributed by atoms with van der Waals surface area (Å²) in [5, 5.41) is 0. The van der Waals surface area contributed by atoms with Crippen LogP contribution in [0.4, 0.5) is 26.3 Å². The Labute approximate surface area is 106 Å². The van der Waals surface area contributed by atoms with E-state index in [1.807, 2.05) is 0 Å². The second-order valence-electron chi connectivity index (χ2n) is 3.43. The molecule has 0 fully saturated rings. The molecule has 8 heteroatoms. The fourth-order valence-corrected chi connectivity index (χ4v) is 1.88. The molecule has 1 aromatic rings. The Balaban J connectivity index is 3.62. The number of carbonyl (C=O) groups excluding carboxylic acids is 1. The minimum atomic E-state index is -5.03. The lowest BCUT2D eigenvalue weighted by Gasteiger charge is -2.16. The summed E-state index contributed by atoms with van der Waals surface area (Å²) in [4.78, 5) is 11.0. The summed E-state index contributed by atoms with van der Waals surface area (Å²) in [5.74, 6) is -0.961. The second-order valence-corrected chi connectivity index (χ2v) is 4.28. The van der Waals surface area contributed by atoms with Gasteiger partial charge >= 0.3 is 12.4 Å². The number of Topliss-reactive ketones (excluding diaryl/α,β-unsaturated/α-hetero) is 1. The molecule has 1 rings (SSSR count). The maximum Gasteiger partial charge on any atom is 0.417 e. The summed E-state index contributed by atoms with van der Waals surface area (Å²) < 4.78 is 74.5. The number of halogens is 7. The Morgan fingerprint density at radius 2 is 1.44 bits per heavy atom. The predicted octanol–water partition coefficient (Wildman–Crippen LogP) is 4.69. The molecule has 0 aliphatic rings. The summed E-state index contributed by atoms with van der Waals surface area (Å²) >= 11 is 2.51. The third kappa shape index (κ3) is 3.04. The highest BCUT2D eigenvalue weighted by Gasteiger charge is 2.40. The lowest BCUT2D eigenvalue weighted by Crippen LogP contribution is -2.16. The smallest absolute Gasteiger partial charge is 0.294 e. The Morgan fingerprint density at radius 1 is 1.00 bits per heavy atom. The van der Waals surface area contributed by atoms with E-state index in [4.69, 9.17) is 0 Å². The molecule has 0 bridgehead atoms. The van der Waals surface area contributed by atoms with Crippen LogP contribution >= 0.6 is 15.9 Å². The van der Waals surface area contributed by atoms with Crippen LogP contribution in [0.15, 0.2) is 16.6 Å². The van der Waals surface area contributed by atoms with Crippen LogP contribution in [0.1, 0.15) is 28.4 Å². The fourth-order valence-electron chi connectivity index (χ4n) is 1.32. The lowest BCUT2D eigenvalue weighted by molar-refractivity contribution is -0.143. The molecule has 0 saturated heterocycles. The average molecular weight is 335 g/mol. The zero-order valence-electron chi connectivity index (χ0n) is 8.71. The topological polar surface area (TPSA) is 17.1 Å². The number of hydrogen-bond donors (Lipinski definition) is 0. The third-order valence-electron chi connectivity index (χ3n) is 2.10. The van der Waals surface area contributed by atoms with Crippen molar-refractivity contribution in [2.45, 2.75) is 19.3 Å². The molecule has 18 heavy (non-hydrogen) atoms. The quantitative estimate of drug-likeness (QED) is 0.538. The summed E-state index contributed by atoms with van der Waals surface area (Å²) in [6, 6.07) is 0.467. The van der Waals surface area contributed by atoms with Crippen LogP contribution in [-0.4, -0.2) is 5.78 Å². The van der Waals surface area contributed by atoms with E-state index in [9.17, 15) is 31.1 Å². The van der Waals surface area contributed by atoms with Crippen LogP contribution < -0.4 is 0 Å². The van der Waals surface area contributed by atoms with Gasteiger partial charge < -0.3 is 0 Å². The van der Waals surface area contributed by atoms with Gasteiger partial charge in [0.25, 0.3) is 0 Å². The number of hydrogen-bond acceptors (Lipinski definition) is 1. The summed E-state index contributed by atoms with van der Waals surface area (Å²) in [6.07, 6.45) is -9.96. The van der Waals surface area contributed by atoms with Gasteiger partial charge in [-0.2, -0.15) is 26.3 Å². The molecule has 0 amide bonds. The SMILES string of the molecule is CC(=O)c1cc(Br)c(C(F)(F)F)cc1C(F)(F)F. The van der Waals surface area contributed by atoms with Gasteiger partial charge in [0.2, 0.25) is 0 Å². The molecule has 1 aromatic carbocycles. The molecule has 0 spiro atoms. The van der Waals surface area contributed by atoms with Crippen LogP contribution in [0.5, 0.6) is 0 Å². The first kappa shape index (κ1) is 15.0. The number of ketones is 1. The molecule has 0 saturated carbocycles. The van der Waals surface area contributed by atoms with Crippen molar-refractivity contribution in [2.24, 2.45) is 0 Å². The van der Waals surface area contributed by atoms with Crippen molar-refractivity contribution in [1.29, 1.82) is 0 Å². The van der Waals surface area contributed by atoms with Gasteiger partial charge in [-0.3, -0.25) is 4.79 Å². The third-order valence-corrected chi connectivity index (χ3v) is 2.75. The Kier molecular flexibility index (Phi) is 3.81. The Morgan fingerprint density at radius 3 is 1.78 bits per heavy atom. The standard InChI is InChI=1S/C10H5BrF6O/c1-4(18)5-2-8(11)7(10(15,16)17)3-6(5)9(12,13)14/h2-3H,1H3. The van der Waals surface area contributed by atoms with Gasteiger partial charge in [-0.25, -0.2) is 0 Å². The number of rotatable bonds is 1. The van der Waals surface area contributed by atoms with Crippen molar-refractivity contribution < 1.29 is 31.1 Å². The second kappa shape index (κ2) is 4.56. The van der Waals surface area contributed by atoms with Crippen molar-refractivity contribution in [3.63, 3.8) is 0 Å². The number of alkyl halides is 6. The summed E-state index contributed by atoms with van der Waals surface area (Å²) in [7, 11) is 0. The highest BCUT2D eigenvalue weighted by Crippen LogP contribution is 2.41. The van der Waals surface area contributed by atoms with Crippen LogP contribution in [0.3, 0.4) is 0 Å². The van der Waals surface area contributed by atoms with Crippen LogP contribution in [0.2, 0.25) is 0 Å². The van der Waals surface area contributed by atoms with Crippen molar-refractivity contribution in [3.8, 4) is 0 Å². The van der Waals surface area contributed by atoms with Gasteiger partial charge in [-0.15, -0.1) is 0 Å². The normalized spacial score (nSPS) is 12.7. The molecule has 0 radical (unpaired) electrons. The molecule has 1 nitrogen and oxygen atoms in total. The molecular formula is C10H5BrF6O. The van der Waals surface area contributed by atoms with E-state index < -0.39 is 39.3 Å². The van der Waals surface area contributed by atoms with Crippen LogP contribution in [-0.2, 0) is 12.4 Å². The van der Waals surface area contributed by atoms with Crippen molar-refractivity contribution in [3.05, 3.63) is 33.3 Å². The van der Waals surface area contributed by atoms with Crippen molar-refractivity contribution in [1.82, 2.24) is 0 Å². The molecule has 100 valence electrons. The van der Waals surface area contributed by atoms with Crippen molar-refractivity contribution in [2.75, 3.05) is 0 Å². The van der Waals surface area contributed by atoms with E-state index in [1.165, 1.54) is 0 Å². The molecule has 0 N–H and O–H groups in total. The minimum absolute atomic E-state index is 0.0686. The van der Waals surface area contributed by atoms with E-state index in [0.717, 1.165) is 6.92 Å². The first-order chi connectivity index (χ1) is 7.94. The Hall–Kier alpha value is -1.05. The maximum absolute atomic E-state index is 12.6. The average Bonchev–Trinajstić information content (AvgIpc) is 2.12. The molecular weight excluding hydrogens is 330 g/mol. The molecule has 0 atom stereocenters. The van der Waals surface area contributed by atoms with E-state index in [1.54, 1.807) is 0 Å². The highest BCUT2D eigenvalue weighted by molar-refractivity contribution is 9.10. The first-order valence-electron chi connectivity index (χ1n) is 4.43. The fraction of sp³-hybridized carbons (Fsp3) is 0.300. The lowest BCUT2D eigenvalue weighted by atomic mass is 10.0. The molecule has 0 aliphatic heterocycles. The molecule has 0 heterocycles. The zero-order valence-corrected chi connectivity index (χ0v) is 10.3. The largest absolute Gasteiger partial charge is 0.417 e. The van der Waals surface area contributed by atoms with Gasteiger partial charge in [0.15, 0.2) is 5.78 Å². The zero-order chi connectivity index (χ0) is 14.3. The minimum Gasteiger partial charge on any atom is -0.294 e. The first-order valence-corrected chi connectivity index (χ1v) is 5.22. The van der Waals surface area contributed by atoms with E-state index in [0.29, 0.717) is 6.07 Å². The molecule has 0 aliphatic carbocycles. The summed E-state index contributed by atoms with van der Waals surface area (Å²) in [6.45, 7) is 0.851. The monoisotopic (exact) mass is 334 g/mol. The van der Waals surface area contributed by atoms with Gasteiger partial charge in [0.05, 0.1) is 11.1 Å². The van der Waals surface area contributed by atoms with Gasteiger partial charge in [-0.1, -0.05) is 15.9 Å². The van der Waals surface area contributed by atoms with Crippen LogP contribution in [0.25, 0.3) is 0 Å². The molecule has 0 unspecified atom stereocenters. The number of carbonyl (C=O) groups is 1. The number of benzene rings is 1. The van der Waals surface area contributed by atoms with Gasteiger partial charge in [-0.05, 0) is 19.1 Å². The maximum atomic E-state index is 12.6. The van der Waals surface area contributed by atoms with Gasteiger partial charge in [0.1, 0.15) is 0 Å². The highest BCUT2D eigenvalue weighted by atomic mass is 79.9.